The van der Waals surface area contributed by atoms with E-state index < -0.39 is 17.7 Å². The molecular weight excluding hydrogens is 393 g/mol. The lowest BCUT2D eigenvalue weighted by Gasteiger charge is -2.18. The van der Waals surface area contributed by atoms with Gasteiger partial charge in [-0.25, -0.2) is 4.98 Å². The Balaban J connectivity index is 1.66. The first kappa shape index (κ1) is 20.1. The van der Waals surface area contributed by atoms with Crippen LogP contribution in [0, 0.1) is 0 Å². The van der Waals surface area contributed by atoms with Crippen LogP contribution in [-0.2, 0) is 6.18 Å². The van der Waals surface area contributed by atoms with E-state index in [0.717, 1.165) is 30.5 Å². The predicted molar refractivity (Wildman–Crippen MR) is 106 cm³/mol. The molecule has 0 spiro atoms. The quantitative estimate of drug-likeness (QED) is 0.575. The second-order valence-electron chi connectivity index (χ2n) is 7.50. The Bertz CT molecular complexity index is 1100. The number of carbonyl (C=O) groups is 1. The standard InChI is InChI=1S/C23H19F3N2O2/c24-23(25,26)17-10-8-15(9-11-17)18(14-4-2-1-3-5-14)12-20(29)19-13-21(30)28-22(27-19)16-6-7-16/h1-5,8-11,13,16,18H,6-7,12H2,(H,27,28,30). The molecule has 0 saturated heterocycles. The fraction of sp³-hybridized carbons (Fsp3) is 0.261. The van der Waals surface area contributed by atoms with Crippen molar-refractivity contribution in [2.75, 3.05) is 0 Å². The molecule has 1 saturated carbocycles. The molecule has 1 atom stereocenters. The van der Waals surface area contributed by atoms with Crippen molar-refractivity contribution in [3.63, 3.8) is 0 Å². The van der Waals surface area contributed by atoms with Crippen LogP contribution in [0.15, 0.2) is 65.5 Å². The van der Waals surface area contributed by atoms with Crippen molar-refractivity contribution < 1.29 is 18.0 Å². The highest BCUT2D eigenvalue weighted by molar-refractivity contribution is 5.95. The van der Waals surface area contributed by atoms with Gasteiger partial charge in [0.2, 0.25) is 0 Å². The molecule has 4 rings (SSSR count). The molecular formula is C23H19F3N2O2. The summed E-state index contributed by atoms with van der Waals surface area (Å²) in [5.74, 6) is -0.0647. The van der Waals surface area contributed by atoms with Gasteiger partial charge in [0, 0.05) is 24.3 Å². The first-order chi connectivity index (χ1) is 14.3. The Morgan fingerprint density at radius 2 is 1.67 bits per heavy atom. The number of nitrogens with one attached hydrogen (secondary N) is 1. The lowest BCUT2D eigenvalue weighted by Crippen LogP contribution is -2.17. The van der Waals surface area contributed by atoms with Crippen molar-refractivity contribution in [3.8, 4) is 0 Å². The summed E-state index contributed by atoms with van der Waals surface area (Å²) < 4.78 is 38.8. The number of benzene rings is 2. The number of aromatic nitrogens is 2. The minimum Gasteiger partial charge on any atom is -0.310 e. The van der Waals surface area contributed by atoms with E-state index in [1.165, 1.54) is 18.2 Å². The average molecular weight is 412 g/mol. The fourth-order valence-electron chi connectivity index (χ4n) is 3.48. The second-order valence-corrected chi connectivity index (χ2v) is 7.50. The number of alkyl halides is 3. The molecule has 1 unspecified atom stereocenters. The van der Waals surface area contributed by atoms with Crippen LogP contribution in [0.5, 0.6) is 0 Å². The molecule has 2 aromatic carbocycles. The molecule has 30 heavy (non-hydrogen) atoms. The van der Waals surface area contributed by atoms with Gasteiger partial charge >= 0.3 is 6.18 Å². The van der Waals surface area contributed by atoms with E-state index in [1.807, 2.05) is 30.3 Å². The number of rotatable bonds is 6. The van der Waals surface area contributed by atoms with Crippen molar-refractivity contribution in [2.45, 2.75) is 37.3 Å². The lowest BCUT2D eigenvalue weighted by atomic mass is 9.86. The number of aromatic amines is 1. The summed E-state index contributed by atoms with van der Waals surface area (Å²) >= 11 is 0. The summed E-state index contributed by atoms with van der Waals surface area (Å²) in [6, 6.07) is 15.1. The van der Waals surface area contributed by atoms with Crippen LogP contribution >= 0.6 is 0 Å². The molecule has 1 aliphatic carbocycles. The van der Waals surface area contributed by atoms with E-state index >= 15 is 0 Å². The Kier molecular flexibility index (Phi) is 5.28. The third-order valence-electron chi connectivity index (χ3n) is 5.24. The SMILES string of the molecule is O=C(CC(c1ccccc1)c1ccc(C(F)(F)F)cc1)c1cc(=O)[nH]c(C2CC2)n1. The van der Waals surface area contributed by atoms with Gasteiger partial charge in [0.25, 0.3) is 5.56 Å². The van der Waals surface area contributed by atoms with Gasteiger partial charge in [-0.2, -0.15) is 13.2 Å². The van der Waals surface area contributed by atoms with Crippen molar-refractivity contribution in [3.05, 3.63) is 99.2 Å². The van der Waals surface area contributed by atoms with Gasteiger partial charge < -0.3 is 4.98 Å². The molecule has 0 radical (unpaired) electrons. The summed E-state index contributed by atoms with van der Waals surface area (Å²) in [6.07, 6.45) is -2.57. The first-order valence-corrected chi connectivity index (χ1v) is 9.68. The zero-order valence-electron chi connectivity index (χ0n) is 15.9. The summed E-state index contributed by atoms with van der Waals surface area (Å²) in [5.41, 5.74) is 0.372. The van der Waals surface area contributed by atoms with E-state index in [9.17, 15) is 22.8 Å². The van der Waals surface area contributed by atoms with Crippen molar-refractivity contribution in [2.24, 2.45) is 0 Å². The predicted octanol–water partition coefficient (Wildman–Crippen LogP) is 5.07. The summed E-state index contributed by atoms with van der Waals surface area (Å²) in [7, 11) is 0. The lowest BCUT2D eigenvalue weighted by molar-refractivity contribution is -0.137. The Hall–Kier alpha value is -3.22. The first-order valence-electron chi connectivity index (χ1n) is 9.68. The zero-order valence-corrected chi connectivity index (χ0v) is 15.9. The number of H-pyrrole nitrogens is 1. The van der Waals surface area contributed by atoms with Gasteiger partial charge in [0.1, 0.15) is 11.5 Å². The third kappa shape index (κ3) is 4.50. The minimum atomic E-state index is -4.43. The average Bonchev–Trinajstić information content (AvgIpc) is 3.57. The Morgan fingerprint density at radius 1 is 1.03 bits per heavy atom. The molecule has 1 N–H and O–H groups in total. The highest BCUT2D eigenvalue weighted by atomic mass is 19.4. The molecule has 7 heteroatoms. The maximum atomic E-state index is 13.0. The highest BCUT2D eigenvalue weighted by Gasteiger charge is 2.31. The van der Waals surface area contributed by atoms with Crippen molar-refractivity contribution in [1.82, 2.24) is 9.97 Å². The summed E-state index contributed by atoms with van der Waals surface area (Å²) in [6.45, 7) is 0. The monoisotopic (exact) mass is 412 g/mol. The number of carbonyl (C=O) groups excluding carboxylic acids is 1. The van der Waals surface area contributed by atoms with Crippen LogP contribution in [-0.4, -0.2) is 15.8 Å². The molecule has 1 heterocycles. The molecule has 1 aliphatic rings. The number of ketones is 1. The maximum absolute atomic E-state index is 13.0. The highest BCUT2D eigenvalue weighted by Crippen LogP contribution is 2.38. The van der Waals surface area contributed by atoms with E-state index in [0.29, 0.717) is 11.4 Å². The van der Waals surface area contributed by atoms with Gasteiger partial charge in [-0.1, -0.05) is 42.5 Å². The Labute approximate surface area is 170 Å². The maximum Gasteiger partial charge on any atom is 0.416 e. The van der Waals surface area contributed by atoms with Gasteiger partial charge in [0.15, 0.2) is 5.78 Å². The number of hydrogen-bond donors (Lipinski definition) is 1. The molecule has 4 nitrogen and oxygen atoms in total. The normalized spacial score (nSPS) is 15.0. The van der Waals surface area contributed by atoms with Crippen molar-refractivity contribution in [1.29, 1.82) is 0 Å². The van der Waals surface area contributed by atoms with E-state index in [-0.39, 0.29) is 29.4 Å². The molecule has 154 valence electrons. The fourth-order valence-corrected chi connectivity index (χ4v) is 3.48. The molecule has 1 aromatic heterocycles. The largest absolute Gasteiger partial charge is 0.416 e. The van der Waals surface area contributed by atoms with Gasteiger partial charge in [0.05, 0.1) is 5.56 Å². The molecule has 3 aromatic rings. The number of nitrogens with zero attached hydrogens (tertiary/aromatic N) is 1. The van der Waals surface area contributed by atoms with E-state index in [1.54, 1.807) is 0 Å². The smallest absolute Gasteiger partial charge is 0.310 e. The van der Waals surface area contributed by atoms with Gasteiger partial charge in [-0.15, -0.1) is 0 Å². The topological polar surface area (TPSA) is 62.8 Å². The molecule has 0 bridgehead atoms. The van der Waals surface area contributed by atoms with Crippen LogP contribution in [0.4, 0.5) is 13.2 Å². The van der Waals surface area contributed by atoms with E-state index in [2.05, 4.69) is 9.97 Å². The van der Waals surface area contributed by atoms with Crippen LogP contribution < -0.4 is 5.56 Å². The van der Waals surface area contributed by atoms with Crippen LogP contribution in [0.2, 0.25) is 0 Å². The summed E-state index contributed by atoms with van der Waals surface area (Å²) in [4.78, 5) is 31.9. The number of Topliss-reactive ketones (excluding diaryl/α,β-unsaturated/α-hetero) is 1. The minimum absolute atomic E-state index is 0.00403. The van der Waals surface area contributed by atoms with Crippen LogP contribution in [0.3, 0.4) is 0 Å². The van der Waals surface area contributed by atoms with Crippen molar-refractivity contribution >= 4 is 5.78 Å². The van der Waals surface area contributed by atoms with Gasteiger partial charge in [-0.05, 0) is 36.1 Å². The zero-order chi connectivity index (χ0) is 21.3. The third-order valence-corrected chi connectivity index (χ3v) is 5.24. The number of hydrogen-bond acceptors (Lipinski definition) is 3. The van der Waals surface area contributed by atoms with Crippen LogP contribution in [0.25, 0.3) is 0 Å². The molecule has 1 fully saturated rings. The Morgan fingerprint density at radius 3 is 2.27 bits per heavy atom. The van der Waals surface area contributed by atoms with Crippen LogP contribution in [0.1, 0.15) is 64.1 Å². The van der Waals surface area contributed by atoms with E-state index in [4.69, 9.17) is 0 Å². The molecule has 0 amide bonds. The summed E-state index contributed by atoms with van der Waals surface area (Å²) in [5, 5.41) is 0. The second kappa shape index (κ2) is 7.89. The number of halogens is 3. The van der Waals surface area contributed by atoms with Gasteiger partial charge in [-0.3, -0.25) is 9.59 Å². The molecule has 0 aliphatic heterocycles.